The Labute approximate surface area is 172 Å². The molecule has 29 heavy (non-hydrogen) atoms. The van der Waals surface area contributed by atoms with Crippen molar-refractivity contribution in [2.24, 2.45) is 5.92 Å². The molecule has 152 valence electrons. The highest BCUT2D eigenvalue weighted by molar-refractivity contribution is 6.46. The lowest BCUT2D eigenvalue weighted by atomic mass is 9.94. The molecule has 1 aliphatic rings. The second-order valence-electron chi connectivity index (χ2n) is 8.20. The Hall–Kier alpha value is -3.08. The Bertz CT molecular complexity index is 941. The molecule has 1 saturated heterocycles. The maximum absolute atomic E-state index is 12.9. The summed E-state index contributed by atoms with van der Waals surface area (Å²) in [5.41, 5.74) is 3.57. The maximum atomic E-state index is 12.9. The van der Waals surface area contributed by atoms with E-state index >= 15 is 0 Å². The van der Waals surface area contributed by atoms with Crippen LogP contribution in [-0.4, -0.2) is 42.3 Å². The number of nitrogens with zero attached hydrogens (tertiary/aromatic N) is 2. The molecule has 0 spiro atoms. The summed E-state index contributed by atoms with van der Waals surface area (Å²) in [6.07, 6.45) is 0. The van der Waals surface area contributed by atoms with Gasteiger partial charge < -0.3 is 14.9 Å². The molecule has 0 aromatic heterocycles. The molecule has 1 unspecified atom stereocenters. The van der Waals surface area contributed by atoms with Gasteiger partial charge in [-0.05, 0) is 30.5 Å². The molecule has 1 aliphatic heterocycles. The molecular weight excluding hydrogens is 364 g/mol. The van der Waals surface area contributed by atoms with Crippen molar-refractivity contribution < 1.29 is 14.7 Å². The smallest absolute Gasteiger partial charge is 0.295 e. The van der Waals surface area contributed by atoms with E-state index in [0.717, 1.165) is 16.8 Å². The topological polar surface area (TPSA) is 60.9 Å². The molecule has 0 aliphatic carbocycles. The Morgan fingerprint density at radius 2 is 1.62 bits per heavy atom. The largest absolute Gasteiger partial charge is 0.507 e. The zero-order valence-electron chi connectivity index (χ0n) is 17.6. The molecule has 5 nitrogen and oxygen atoms in total. The number of likely N-dealkylation sites (tertiary alicyclic amines) is 1. The van der Waals surface area contributed by atoms with Gasteiger partial charge in [0.05, 0.1) is 11.6 Å². The average molecular weight is 392 g/mol. The number of hydrogen-bond donors (Lipinski definition) is 1. The third-order valence-corrected chi connectivity index (χ3v) is 5.15. The number of carbonyl (C=O) groups is 2. The lowest BCUT2D eigenvalue weighted by molar-refractivity contribution is -0.140. The number of hydrogen-bond acceptors (Lipinski definition) is 4. The third-order valence-electron chi connectivity index (χ3n) is 5.15. The van der Waals surface area contributed by atoms with Crippen LogP contribution in [0.2, 0.25) is 0 Å². The molecule has 2 aromatic rings. The van der Waals surface area contributed by atoms with Gasteiger partial charge in [-0.15, -0.1) is 0 Å². The molecule has 1 N–H and O–H groups in total. The fourth-order valence-corrected chi connectivity index (χ4v) is 3.63. The van der Waals surface area contributed by atoms with Crippen LogP contribution in [0, 0.1) is 12.8 Å². The number of ketones is 1. The van der Waals surface area contributed by atoms with Crippen molar-refractivity contribution in [3.63, 3.8) is 0 Å². The predicted octanol–water partition coefficient (Wildman–Crippen LogP) is 4.14. The summed E-state index contributed by atoms with van der Waals surface area (Å²) < 4.78 is 0. The standard InChI is InChI=1S/C24H28N2O3/c1-15(2)14-26-21(17-10-12-19(13-11-17)25(4)5)20(23(28)24(26)29)22(27)18-8-6-16(3)7-9-18/h6-13,15,21,27H,14H2,1-5H3/b22-20-. The van der Waals surface area contributed by atoms with Crippen molar-refractivity contribution in [1.29, 1.82) is 0 Å². The first kappa shape index (κ1) is 20.6. The van der Waals surface area contributed by atoms with Gasteiger partial charge in [-0.3, -0.25) is 9.59 Å². The van der Waals surface area contributed by atoms with Crippen LogP contribution in [0.15, 0.2) is 54.1 Å². The zero-order chi connectivity index (χ0) is 21.3. The van der Waals surface area contributed by atoms with Crippen LogP contribution in [-0.2, 0) is 9.59 Å². The molecule has 1 fully saturated rings. The number of carbonyl (C=O) groups excluding carboxylic acids is 2. The molecule has 0 bridgehead atoms. The monoisotopic (exact) mass is 392 g/mol. The van der Waals surface area contributed by atoms with Gasteiger partial charge in [0.15, 0.2) is 0 Å². The van der Waals surface area contributed by atoms with Crippen LogP contribution in [0.5, 0.6) is 0 Å². The average Bonchev–Trinajstić information content (AvgIpc) is 2.92. The number of amides is 1. The summed E-state index contributed by atoms with van der Waals surface area (Å²) >= 11 is 0. The number of aryl methyl sites for hydroxylation is 1. The normalized spacial score (nSPS) is 18.6. The van der Waals surface area contributed by atoms with E-state index in [-0.39, 0.29) is 17.3 Å². The second-order valence-corrected chi connectivity index (χ2v) is 8.20. The van der Waals surface area contributed by atoms with Gasteiger partial charge in [0, 0.05) is 31.9 Å². The van der Waals surface area contributed by atoms with Crippen molar-refractivity contribution in [3.8, 4) is 0 Å². The van der Waals surface area contributed by atoms with Crippen molar-refractivity contribution in [3.05, 3.63) is 70.8 Å². The fraction of sp³-hybridized carbons (Fsp3) is 0.333. The van der Waals surface area contributed by atoms with Crippen LogP contribution < -0.4 is 4.90 Å². The van der Waals surface area contributed by atoms with Gasteiger partial charge in [0.2, 0.25) is 0 Å². The molecule has 2 aromatic carbocycles. The Balaban J connectivity index is 2.15. The summed E-state index contributed by atoms with van der Waals surface area (Å²) in [7, 11) is 3.91. The molecule has 1 heterocycles. The summed E-state index contributed by atoms with van der Waals surface area (Å²) in [6.45, 7) is 6.41. The van der Waals surface area contributed by atoms with Gasteiger partial charge in [0.25, 0.3) is 11.7 Å². The number of aliphatic hydroxyl groups excluding tert-OH is 1. The van der Waals surface area contributed by atoms with Crippen LogP contribution in [0.25, 0.3) is 5.76 Å². The molecule has 0 radical (unpaired) electrons. The summed E-state index contributed by atoms with van der Waals surface area (Å²) in [5.74, 6) is -1.13. The van der Waals surface area contributed by atoms with Crippen molar-refractivity contribution in [2.45, 2.75) is 26.8 Å². The maximum Gasteiger partial charge on any atom is 0.295 e. The molecular formula is C24H28N2O3. The highest BCUT2D eigenvalue weighted by Gasteiger charge is 2.46. The van der Waals surface area contributed by atoms with E-state index in [0.29, 0.717) is 12.1 Å². The van der Waals surface area contributed by atoms with Crippen LogP contribution in [0.3, 0.4) is 0 Å². The van der Waals surface area contributed by atoms with Crippen molar-refractivity contribution >= 4 is 23.1 Å². The van der Waals surface area contributed by atoms with Gasteiger partial charge in [-0.1, -0.05) is 55.8 Å². The molecule has 3 rings (SSSR count). The minimum atomic E-state index is -0.634. The lowest BCUT2D eigenvalue weighted by Gasteiger charge is -2.27. The van der Waals surface area contributed by atoms with E-state index < -0.39 is 17.7 Å². The third kappa shape index (κ3) is 4.04. The Morgan fingerprint density at radius 1 is 1.03 bits per heavy atom. The van der Waals surface area contributed by atoms with Gasteiger partial charge in [0.1, 0.15) is 5.76 Å². The SMILES string of the molecule is Cc1ccc(/C(O)=C2/C(=O)C(=O)N(CC(C)C)C2c2ccc(N(C)C)cc2)cc1. The van der Waals surface area contributed by atoms with Gasteiger partial charge >= 0.3 is 0 Å². The first-order chi connectivity index (χ1) is 13.7. The number of anilines is 1. The van der Waals surface area contributed by atoms with Gasteiger partial charge in [-0.25, -0.2) is 0 Å². The minimum absolute atomic E-state index is 0.128. The molecule has 1 amide bonds. The van der Waals surface area contributed by atoms with Gasteiger partial charge in [-0.2, -0.15) is 0 Å². The molecule has 0 saturated carbocycles. The first-order valence-corrected chi connectivity index (χ1v) is 9.83. The highest BCUT2D eigenvalue weighted by atomic mass is 16.3. The quantitative estimate of drug-likeness (QED) is 0.472. The second kappa shape index (κ2) is 8.11. The number of aliphatic hydroxyl groups is 1. The number of Topliss-reactive ketones (excluding diaryl/α,β-unsaturated/α-hetero) is 1. The molecule has 5 heteroatoms. The predicted molar refractivity (Wildman–Crippen MR) is 116 cm³/mol. The van der Waals surface area contributed by atoms with E-state index in [1.54, 1.807) is 17.0 Å². The Morgan fingerprint density at radius 3 is 2.14 bits per heavy atom. The van der Waals surface area contributed by atoms with Crippen LogP contribution in [0.4, 0.5) is 5.69 Å². The Kier molecular flexibility index (Phi) is 5.78. The van der Waals surface area contributed by atoms with Crippen molar-refractivity contribution in [2.75, 3.05) is 25.5 Å². The lowest BCUT2D eigenvalue weighted by Crippen LogP contribution is -2.33. The fourth-order valence-electron chi connectivity index (χ4n) is 3.63. The summed E-state index contributed by atoms with van der Waals surface area (Å²) in [5, 5.41) is 11.0. The van der Waals surface area contributed by atoms with E-state index in [9.17, 15) is 14.7 Å². The van der Waals surface area contributed by atoms with E-state index in [1.165, 1.54) is 0 Å². The summed E-state index contributed by atoms with van der Waals surface area (Å²) in [4.78, 5) is 29.3. The highest BCUT2D eigenvalue weighted by Crippen LogP contribution is 2.40. The number of rotatable bonds is 5. The van der Waals surface area contributed by atoms with Crippen molar-refractivity contribution in [1.82, 2.24) is 4.90 Å². The minimum Gasteiger partial charge on any atom is -0.507 e. The van der Waals surface area contributed by atoms with E-state index in [1.807, 2.05) is 76.2 Å². The van der Waals surface area contributed by atoms with E-state index in [4.69, 9.17) is 0 Å². The first-order valence-electron chi connectivity index (χ1n) is 9.83. The molecule has 1 atom stereocenters. The van der Waals surface area contributed by atoms with Crippen LogP contribution >= 0.6 is 0 Å². The van der Waals surface area contributed by atoms with E-state index in [2.05, 4.69) is 0 Å². The zero-order valence-corrected chi connectivity index (χ0v) is 17.6. The number of benzene rings is 2. The van der Waals surface area contributed by atoms with Crippen LogP contribution in [0.1, 0.15) is 36.6 Å². The summed E-state index contributed by atoms with van der Waals surface area (Å²) in [6, 6.07) is 14.4.